The molecule has 0 bridgehead atoms. The van der Waals surface area contributed by atoms with Gasteiger partial charge < -0.3 is 0 Å². The van der Waals surface area contributed by atoms with E-state index >= 15 is 0 Å². The fourth-order valence-corrected chi connectivity index (χ4v) is 2.66. The highest BCUT2D eigenvalue weighted by atomic mass is 16.3. The summed E-state index contributed by atoms with van der Waals surface area (Å²) in [6, 6.07) is 4.48. The van der Waals surface area contributed by atoms with Crippen LogP contribution in [0.4, 0.5) is 0 Å². The van der Waals surface area contributed by atoms with E-state index in [2.05, 4.69) is 43.1 Å². The maximum absolute atomic E-state index is 10.4. The standard InChI is InChI=1S/C14H21N3O/c1-11-8-12(2)14(13(3)9-11)10-16-4-6-17(15-18)7-5-16/h8-9H,4-7,10H2,1-3H3. The lowest BCUT2D eigenvalue weighted by molar-refractivity contribution is 0.128. The lowest BCUT2D eigenvalue weighted by Gasteiger charge is -2.32. The fourth-order valence-electron chi connectivity index (χ4n) is 2.66. The summed E-state index contributed by atoms with van der Waals surface area (Å²) >= 11 is 0. The zero-order valence-corrected chi connectivity index (χ0v) is 11.4. The number of hydrogen-bond acceptors (Lipinski definition) is 3. The molecule has 1 aromatic carbocycles. The first-order valence-electron chi connectivity index (χ1n) is 6.47. The average molecular weight is 247 g/mol. The molecule has 1 fully saturated rings. The van der Waals surface area contributed by atoms with Gasteiger partial charge >= 0.3 is 0 Å². The van der Waals surface area contributed by atoms with Crippen LogP contribution in [0.3, 0.4) is 0 Å². The number of nitrogens with zero attached hydrogens (tertiary/aromatic N) is 3. The van der Waals surface area contributed by atoms with Crippen LogP contribution in [0.2, 0.25) is 0 Å². The second-order valence-corrected chi connectivity index (χ2v) is 5.19. The molecule has 1 aliphatic heterocycles. The summed E-state index contributed by atoms with van der Waals surface area (Å²) in [6.07, 6.45) is 0. The minimum Gasteiger partial charge on any atom is -0.295 e. The van der Waals surface area contributed by atoms with Gasteiger partial charge in [0.1, 0.15) is 0 Å². The molecule has 2 rings (SSSR count). The van der Waals surface area contributed by atoms with E-state index in [1.54, 1.807) is 5.01 Å². The van der Waals surface area contributed by atoms with Gasteiger partial charge in [0.05, 0.1) is 18.4 Å². The summed E-state index contributed by atoms with van der Waals surface area (Å²) in [6.45, 7) is 10.8. The number of benzene rings is 1. The molecule has 0 N–H and O–H groups in total. The zero-order valence-electron chi connectivity index (χ0n) is 11.4. The van der Waals surface area contributed by atoms with Crippen LogP contribution in [0.15, 0.2) is 17.4 Å². The normalized spacial score (nSPS) is 16.9. The van der Waals surface area contributed by atoms with Gasteiger partial charge in [-0.05, 0) is 37.5 Å². The van der Waals surface area contributed by atoms with Gasteiger partial charge in [-0.2, -0.15) is 0 Å². The Kier molecular flexibility index (Phi) is 3.97. The largest absolute Gasteiger partial charge is 0.295 e. The average Bonchev–Trinajstić information content (AvgIpc) is 2.34. The number of rotatable bonds is 3. The highest BCUT2D eigenvalue weighted by Crippen LogP contribution is 2.19. The summed E-state index contributed by atoms with van der Waals surface area (Å²) in [5.41, 5.74) is 5.48. The van der Waals surface area contributed by atoms with Gasteiger partial charge in [0, 0.05) is 19.6 Å². The number of piperazine rings is 1. The Morgan fingerprint density at radius 3 is 2.11 bits per heavy atom. The molecular weight excluding hydrogens is 226 g/mol. The Hall–Kier alpha value is -1.42. The highest BCUT2D eigenvalue weighted by Gasteiger charge is 2.17. The van der Waals surface area contributed by atoms with E-state index in [9.17, 15) is 4.91 Å². The maximum Gasteiger partial charge on any atom is 0.0524 e. The van der Waals surface area contributed by atoms with Crippen LogP contribution in [0.5, 0.6) is 0 Å². The van der Waals surface area contributed by atoms with Crippen LogP contribution in [-0.4, -0.2) is 36.1 Å². The molecule has 1 aromatic rings. The number of hydrogen-bond donors (Lipinski definition) is 0. The van der Waals surface area contributed by atoms with Crippen molar-refractivity contribution < 1.29 is 0 Å². The second kappa shape index (κ2) is 5.48. The molecule has 0 aliphatic carbocycles. The van der Waals surface area contributed by atoms with Gasteiger partial charge in [-0.25, -0.2) is 0 Å². The Morgan fingerprint density at radius 1 is 1.06 bits per heavy atom. The first-order chi connectivity index (χ1) is 8.60. The molecule has 18 heavy (non-hydrogen) atoms. The topological polar surface area (TPSA) is 35.9 Å². The van der Waals surface area contributed by atoms with Crippen molar-refractivity contribution >= 4 is 0 Å². The molecule has 1 aliphatic rings. The molecule has 0 aromatic heterocycles. The van der Waals surface area contributed by atoms with Crippen molar-refractivity contribution in [2.24, 2.45) is 5.29 Å². The Morgan fingerprint density at radius 2 is 1.61 bits per heavy atom. The third-order valence-corrected chi connectivity index (χ3v) is 3.69. The zero-order chi connectivity index (χ0) is 13.1. The third-order valence-electron chi connectivity index (χ3n) is 3.69. The molecule has 0 radical (unpaired) electrons. The number of nitroso groups, excluding NO2 is 1. The van der Waals surface area contributed by atoms with Crippen LogP contribution < -0.4 is 0 Å². The summed E-state index contributed by atoms with van der Waals surface area (Å²) < 4.78 is 0. The first kappa shape index (κ1) is 13.0. The third kappa shape index (κ3) is 2.88. The van der Waals surface area contributed by atoms with Gasteiger partial charge in [0.2, 0.25) is 0 Å². The van der Waals surface area contributed by atoms with Crippen LogP contribution >= 0.6 is 0 Å². The molecule has 4 nitrogen and oxygen atoms in total. The Bertz CT molecular complexity index is 414. The van der Waals surface area contributed by atoms with E-state index in [0.717, 1.165) is 32.7 Å². The van der Waals surface area contributed by atoms with Crippen LogP contribution in [0.25, 0.3) is 0 Å². The minimum absolute atomic E-state index is 0.744. The molecular formula is C14H21N3O. The first-order valence-corrected chi connectivity index (χ1v) is 6.47. The van der Waals surface area contributed by atoms with Crippen molar-refractivity contribution in [2.75, 3.05) is 26.2 Å². The van der Waals surface area contributed by atoms with Gasteiger partial charge in [-0.1, -0.05) is 17.7 Å². The molecule has 0 saturated carbocycles. The van der Waals surface area contributed by atoms with E-state index < -0.39 is 0 Å². The minimum atomic E-state index is 0.744. The molecule has 0 amide bonds. The molecule has 4 heteroatoms. The van der Waals surface area contributed by atoms with E-state index in [4.69, 9.17) is 0 Å². The van der Waals surface area contributed by atoms with Crippen molar-refractivity contribution in [1.29, 1.82) is 0 Å². The SMILES string of the molecule is Cc1cc(C)c(CN2CCN(N=O)CC2)c(C)c1. The molecule has 98 valence electrons. The second-order valence-electron chi connectivity index (χ2n) is 5.19. The number of aryl methyl sites for hydroxylation is 3. The van der Waals surface area contributed by atoms with Gasteiger partial charge in [0.25, 0.3) is 0 Å². The smallest absolute Gasteiger partial charge is 0.0524 e. The van der Waals surface area contributed by atoms with Gasteiger partial charge in [0.15, 0.2) is 0 Å². The lowest BCUT2D eigenvalue weighted by atomic mass is 9.99. The van der Waals surface area contributed by atoms with E-state index in [1.807, 2.05) is 0 Å². The quantitative estimate of drug-likeness (QED) is 0.770. The predicted molar refractivity (Wildman–Crippen MR) is 73.3 cm³/mol. The maximum atomic E-state index is 10.4. The fraction of sp³-hybridized carbons (Fsp3) is 0.571. The van der Waals surface area contributed by atoms with E-state index in [-0.39, 0.29) is 0 Å². The van der Waals surface area contributed by atoms with Gasteiger partial charge in [-0.3, -0.25) is 9.91 Å². The van der Waals surface area contributed by atoms with Crippen molar-refractivity contribution in [1.82, 2.24) is 9.91 Å². The van der Waals surface area contributed by atoms with Crippen molar-refractivity contribution in [3.8, 4) is 0 Å². The molecule has 1 saturated heterocycles. The van der Waals surface area contributed by atoms with Crippen molar-refractivity contribution in [3.63, 3.8) is 0 Å². The van der Waals surface area contributed by atoms with E-state index in [0.29, 0.717) is 0 Å². The summed E-state index contributed by atoms with van der Waals surface area (Å²) in [5.74, 6) is 0. The van der Waals surface area contributed by atoms with Gasteiger partial charge in [-0.15, -0.1) is 4.91 Å². The van der Waals surface area contributed by atoms with Crippen LogP contribution in [-0.2, 0) is 6.54 Å². The van der Waals surface area contributed by atoms with Crippen LogP contribution in [0.1, 0.15) is 22.3 Å². The summed E-state index contributed by atoms with van der Waals surface area (Å²) in [5, 5.41) is 4.59. The molecule has 0 atom stereocenters. The Labute approximate surface area is 109 Å². The van der Waals surface area contributed by atoms with Crippen molar-refractivity contribution in [3.05, 3.63) is 39.3 Å². The van der Waals surface area contributed by atoms with E-state index in [1.165, 1.54) is 22.3 Å². The predicted octanol–water partition coefficient (Wildman–Crippen LogP) is 2.41. The monoisotopic (exact) mass is 247 g/mol. The Balaban J connectivity index is 2.04. The summed E-state index contributed by atoms with van der Waals surface area (Å²) in [4.78, 5) is 12.8. The summed E-state index contributed by atoms with van der Waals surface area (Å²) in [7, 11) is 0. The van der Waals surface area contributed by atoms with Crippen molar-refractivity contribution in [2.45, 2.75) is 27.3 Å². The highest BCUT2D eigenvalue weighted by molar-refractivity contribution is 5.37. The molecule has 1 heterocycles. The molecule has 0 spiro atoms. The van der Waals surface area contributed by atoms with Crippen LogP contribution in [0, 0.1) is 25.7 Å². The lowest BCUT2D eigenvalue weighted by Crippen LogP contribution is -2.43. The molecule has 0 unspecified atom stereocenters.